The maximum Gasteiger partial charge on any atom is 0.233 e. The smallest absolute Gasteiger partial charge is 0.233 e. The van der Waals surface area contributed by atoms with Crippen LogP contribution in [0.2, 0.25) is 0 Å². The van der Waals surface area contributed by atoms with Crippen molar-refractivity contribution in [3.05, 3.63) is 96.1 Å². The number of thioether (sulfide) groups is 1. The highest BCUT2D eigenvalue weighted by Gasteiger charge is 2.31. The van der Waals surface area contributed by atoms with Gasteiger partial charge in [-0.1, -0.05) is 72.4 Å². The lowest BCUT2D eigenvalue weighted by atomic mass is 9.96. The number of hydrogen-bond donors (Lipinski definition) is 2. The number of hydrogen-bond acceptors (Lipinski definition) is 5. The monoisotopic (exact) mass is 513 g/mol. The molecule has 0 spiro atoms. The van der Waals surface area contributed by atoms with E-state index in [1.54, 1.807) is 0 Å². The van der Waals surface area contributed by atoms with Crippen LogP contribution in [0.5, 0.6) is 0 Å². The average Bonchev–Trinajstić information content (AvgIpc) is 3.37. The minimum atomic E-state index is 0.153. The van der Waals surface area contributed by atoms with Crippen LogP contribution in [-0.4, -0.2) is 57.5 Å². The molecule has 190 valence electrons. The number of carbonyl (C=O) groups is 1. The zero-order valence-corrected chi connectivity index (χ0v) is 21.9. The van der Waals surface area contributed by atoms with E-state index in [4.69, 9.17) is 5.73 Å². The molecule has 0 aliphatic carbocycles. The first-order chi connectivity index (χ1) is 18.1. The summed E-state index contributed by atoms with van der Waals surface area (Å²) in [4.78, 5) is 16.6. The molecule has 1 aliphatic rings. The Morgan fingerprint density at radius 1 is 0.919 bits per heavy atom. The van der Waals surface area contributed by atoms with Gasteiger partial charge in [0.05, 0.1) is 31.9 Å². The number of nitrogens with two attached hydrogens (primary N) is 1. The Bertz CT molecular complexity index is 1260. The van der Waals surface area contributed by atoms with Gasteiger partial charge in [0.15, 0.2) is 11.0 Å². The van der Waals surface area contributed by atoms with Crippen LogP contribution in [0, 0.1) is 0 Å². The lowest BCUT2D eigenvalue weighted by Crippen LogP contribution is -3.15. The summed E-state index contributed by atoms with van der Waals surface area (Å²) in [6, 6.07) is 29.3. The van der Waals surface area contributed by atoms with Crippen LogP contribution in [0.25, 0.3) is 11.4 Å². The maximum atomic E-state index is 13.1. The Morgan fingerprint density at radius 2 is 1.51 bits per heavy atom. The van der Waals surface area contributed by atoms with Crippen molar-refractivity contribution >= 4 is 23.4 Å². The molecule has 0 unspecified atom stereocenters. The van der Waals surface area contributed by atoms with Crippen LogP contribution < -0.4 is 10.6 Å². The largest absolute Gasteiger partial charge is 0.399 e. The standard InChI is InChI=1S/C29H32N6OS/c1-2-35-28(24-13-15-25(30)16-14-24)31-32-29(35)37-21-26(36)33-17-19-34(20-18-33)27(22-9-5-3-6-10-22)23-11-7-4-8-12-23/h3-16,27H,2,17-21,30H2,1H3/p+1. The molecule has 0 bridgehead atoms. The van der Waals surface area contributed by atoms with E-state index >= 15 is 0 Å². The van der Waals surface area contributed by atoms with Crippen LogP contribution in [0.3, 0.4) is 0 Å². The zero-order valence-electron chi connectivity index (χ0n) is 21.1. The summed E-state index contributed by atoms with van der Waals surface area (Å²) >= 11 is 1.46. The Balaban J connectivity index is 1.21. The number of carbonyl (C=O) groups excluding carboxylic acids is 1. The molecule has 37 heavy (non-hydrogen) atoms. The number of benzene rings is 3. The number of anilines is 1. The minimum Gasteiger partial charge on any atom is -0.399 e. The summed E-state index contributed by atoms with van der Waals surface area (Å²) in [5.41, 5.74) is 10.1. The van der Waals surface area contributed by atoms with Gasteiger partial charge in [0.1, 0.15) is 6.04 Å². The number of piperazine rings is 1. The number of nitrogen functional groups attached to an aromatic ring is 1. The fraction of sp³-hybridized carbons (Fsp3) is 0.276. The summed E-state index contributed by atoms with van der Waals surface area (Å²) < 4.78 is 2.05. The van der Waals surface area contributed by atoms with Crippen molar-refractivity contribution in [2.45, 2.75) is 24.7 Å². The molecule has 4 aromatic rings. The highest BCUT2D eigenvalue weighted by molar-refractivity contribution is 7.99. The second-order valence-electron chi connectivity index (χ2n) is 9.25. The third-order valence-electron chi connectivity index (χ3n) is 6.96. The number of quaternary nitrogens is 1. The van der Waals surface area contributed by atoms with E-state index in [-0.39, 0.29) is 11.9 Å². The topological polar surface area (TPSA) is 81.5 Å². The van der Waals surface area contributed by atoms with E-state index in [0.29, 0.717) is 11.4 Å². The first-order valence-corrected chi connectivity index (χ1v) is 13.8. The second kappa shape index (κ2) is 11.6. The van der Waals surface area contributed by atoms with Crippen LogP contribution in [0.1, 0.15) is 24.1 Å². The van der Waals surface area contributed by atoms with Gasteiger partial charge in [0.2, 0.25) is 5.91 Å². The fourth-order valence-corrected chi connectivity index (χ4v) is 5.94. The van der Waals surface area contributed by atoms with E-state index in [9.17, 15) is 4.79 Å². The van der Waals surface area contributed by atoms with Gasteiger partial charge in [-0.2, -0.15) is 0 Å². The third-order valence-corrected chi connectivity index (χ3v) is 7.91. The summed E-state index contributed by atoms with van der Waals surface area (Å²) in [6.45, 7) is 6.12. The van der Waals surface area contributed by atoms with Crippen molar-refractivity contribution < 1.29 is 9.69 Å². The Morgan fingerprint density at radius 3 is 2.08 bits per heavy atom. The summed E-state index contributed by atoms with van der Waals surface area (Å²) in [5, 5.41) is 9.53. The highest BCUT2D eigenvalue weighted by atomic mass is 32.2. The van der Waals surface area contributed by atoms with Crippen molar-refractivity contribution in [3.63, 3.8) is 0 Å². The molecule has 1 saturated heterocycles. The lowest BCUT2D eigenvalue weighted by molar-refractivity contribution is -0.929. The molecule has 3 N–H and O–H groups in total. The second-order valence-corrected chi connectivity index (χ2v) is 10.2. The molecule has 0 atom stereocenters. The fourth-order valence-electron chi connectivity index (χ4n) is 5.03. The molecular weight excluding hydrogens is 480 g/mol. The van der Waals surface area contributed by atoms with Gasteiger partial charge in [0, 0.05) is 28.9 Å². The molecule has 0 radical (unpaired) electrons. The minimum absolute atomic E-state index is 0.153. The van der Waals surface area contributed by atoms with Gasteiger partial charge in [0.25, 0.3) is 0 Å². The van der Waals surface area contributed by atoms with E-state index < -0.39 is 0 Å². The SMILES string of the molecule is CCn1c(SCC(=O)N2CC[NH+](C(c3ccccc3)c3ccccc3)CC2)nnc1-c1ccc(N)cc1. The predicted molar refractivity (Wildman–Crippen MR) is 148 cm³/mol. The number of nitrogens with zero attached hydrogens (tertiary/aromatic N) is 4. The normalized spacial score (nSPS) is 14.3. The number of amides is 1. The first kappa shape index (κ1) is 25.0. The third kappa shape index (κ3) is 5.70. The first-order valence-electron chi connectivity index (χ1n) is 12.8. The number of aromatic nitrogens is 3. The quantitative estimate of drug-likeness (QED) is 0.279. The van der Waals surface area contributed by atoms with E-state index in [1.807, 2.05) is 29.2 Å². The van der Waals surface area contributed by atoms with Gasteiger partial charge in [-0.05, 0) is 31.2 Å². The van der Waals surface area contributed by atoms with E-state index in [0.717, 1.165) is 49.3 Å². The zero-order chi connectivity index (χ0) is 25.6. The molecule has 8 heteroatoms. The molecule has 0 saturated carbocycles. The van der Waals surface area contributed by atoms with E-state index in [1.165, 1.54) is 27.8 Å². The highest BCUT2D eigenvalue weighted by Crippen LogP contribution is 2.25. The molecule has 1 fully saturated rings. The van der Waals surface area contributed by atoms with Crippen LogP contribution in [-0.2, 0) is 11.3 Å². The van der Waals surface area contributed by atoms with Gasteiger partial charge >= 0.3 is 0 Å². The Hall–Kier alpha value is -3.62. The number of nitrogens with one attached hydrogen (secondary N) is 1. The van der Waals surface area contributed by atoms with Crippen molar-refractivity contribution in [1.29, 1.82) is 0 Å². The molecule has 3 aromatic carbocycles. The molecule has 5 rings (SSSR count). The Kier molecular flexibility index (Phi) is 7.87. The number of rotatable bonds is 8. The summed E-state index contributed by atoms with van der Waals surface area (Å²) in [5.74, 6) is 1.30. The van der Waals surface area contributed by atoms with Crippen molar-refractivity contribution in [3.8, 4) is 11.4 Å². The Labute approximate surface area is 222 Å². The molecule has 1 aliphatic heterocycles. The van der Waals surface area contributed by atoms with Crippen molar-refractivity contribution in [2.24, 2.45) is 0 Å². The maximum absolute atomic E-state index is 13.1. The van der Waals surface area contributed by atoms with Gasteiger partial charge < -0.3 is 20.1 Å². The van der Waals surface area contributed by atoms with Crippen molar-refractivity contribution in [2.75, 3.05) is 37.7 Å². The lowest BCUT2D eigenvalue weighted by Gasteiger charge is -2.37. The molecule has 7 nitrogen and oxygen atoms in total. The van der Waals surface area contributed by atoms with E-state index in [2.05, 4.69) is 82.4 Å². The molecule has 1 amide bonds. The molecule has 1 aromatic heterocycles. The van der Waals surface area contributed by atoms with Crippen LogP contribution >= 0.6 is 11.8 Å². The summed E-state index contributed by atoms with van der Waals surface area (Å²) in [7, 11) is 0. The van der Waals surface area contributed by atoms with Gasteiger partial charge in [-0.3, -0.25) is 4.79 Å². The molecular formula is C29H33N6OS+. The molecule has 2 heterocycles. The summed E-state index contributed by atoms with van der Waals surface area (Å²) in [6.07, 6.45) is 0. The van der Waals surface area contributed by atoms with Gasteiger partial charge in [-0.15, -0.1) is 10.2 Å². The predicted octanol–water partition coefficient (Wildman–Crippen LogP) is 3.16. The van der Waals surface area contributed by atoms with Crippen LogP contribution in [0.15, 0.2) is 90.1 Å². The van der Waals surface area contributed by atoms with Crippen molar-refractivity contribution in [1.82, 2.24) is 19.7 Å². The van der Waals surface area contributed by atoms with Crippen LogP contribution in [0.4, 0.5) is 5.69 Å². The van der Waals surface area contributed by atoms with Gasteiger partial charge in [-0.25, -0.2) is 0 Å². The average molecular weight is 514 g/mol.